The molecule has 0 fully saturated rings. The van der Waals surface area contributed by atoms with E-state index in [1.54, 1.807) is 0 Å². The number of hydrogen-bond donors (Lipinski definition) is 2. The van der Waals surface area contributed by atoms with Gasteiger partial charge in [0, 0.05) is 13.1 Å². The number of rotatable bonds is 4. The number of hydrogen-bond acceptors (Lipinski definition) is 3. The molecule has 0 heterocycles. The minimum absolute atomic E-state index is 0.0243. The Balaban J connectivity index is 2.92. The Morgan fingerprint density at radius 3 is 2.38 bits per heavy atom. The molecule has 0 spiro atoms. The maximum Gasteiger partial charge on any atom is 0.0581 e. The molecule has 2 N–H and O–H groups in total. The van der Waals surface area contributed by atoms with Crippen LogP contribution in [-0.2, 0) is 0 Å². The van der Waals surface area contributed by atoms with Gasteiger partial charge in [-0.2, -0.15) is 5.06 Å². The molecule has 0 bridgehead atoms. The van der Waals surface area contributed by atoms with E-state index < -0.39 is 0 Å². The van der Waals surface area contributed by atoms with Crippen LogP contribution in [0.5, 0.6) is 0 Å². The molecule has 3 heteroatoms. The van der Waals surface area contributed by atoms with Crippen molar-refractivity contribution in [3.63, 3.8) is 0 Å². The second-order valence-electron chi connectivity index (χ2n) is 1.68. The topological polar surface area (TPSA) is 43.7 Å². The molecule has 0 saturated carbocycles. The predicted molar refractivity (Wildman–Crippen MR) is 30.7 cm³/mol. The number of hydroxylamine groups is 2. The first-order valence-electron chi connectivity index (χ1n) is 2.86. The van der Waals surface area contributed by atoms with Crippen LogP contribution in [0.1, 0.15) is 13.3 Å². The molecular formula is C5H13NO2. The highest BCUT2D eigenvalue weighted by Gasteiger charge is 1.93. The summed E-state index contributed by atoms with van der Waals surface area (Å²) in [6.07, 6.45) is 0.913. The van der Waals surface area contributed by atoms with Crippen LogP contribution < -0.4 is 0 Å². The zero-order valence-corrected chi connectivity index (χ0v) is 5.17. The predicted octanol–water partition coefficient (Wildman–Crippen LogP) is 0.0799. The fourth-order valence-electron chi connectivity index (χ4n) is 0.485. The number of aliphatic hydroxyl groups excluding tert-OH is 1. The zero-order valence-electron chi connectivity index (χ0n) is 5.17. The lowest BCUT2D eigenvalue weighted by atomic mass is 10.5. The zero-order chi connectivity index (χ0) is 6.41. The van der Waals surface area contributed by atoms with Gasteiger partial charge in [-0.05, 0) is 6.42 Å². The summed E-state index contributed by atoms with van der Waals surface area (Å²) in [5.74, 6) is 0. The van der Waals surface area contributed by atoms with Crippen molar-refractivity contribution < 1.29 is 10.3 Å². The van der Waals surface area contributed by atoms with Crippen molar-refractivity contribution in [3.05, 3.63) is 0 Å². The minimum atomic E-state index is 0.0243. The Hall–Kier alpha value is -0.120. The molecule has 0 aromatic carbocycles. The maximum absolute atomic E-state index is 8.72. The second-order valence-corrected chi connectivity index (χ2v) is 1.68. The van der Waals surface area contributed by atoms with Crippen LogP contribution >= 0.6 is 0 Å². The highest BCUT2D eigenvalue weighted by atomic mass is 16.5. The molecule has 0 radical (unpaired) electrons. The lowest BCUT2D eigenvalue weighted by molar-refractivity contribution is -0.0979. The summed E-state index contributed by atoms with van der Waals surface area (Å²) in [6, 6.07) is 0. The molecule has 0 rings (SSSR count). The van der Waals surface area contributed by atoms with E-state index >= 15 is 0 Å². The standard InChI is InChI=1S/C5H13NO2/c1-2-3-6(8)4-5-7/h7-8H,2-5H2,1H3. The number of nitrogens with zero attached hydrogens (tertiary/aromatic N) is 1. The van der Waals surface area contributed by atoms with Gasteiger partial charge in [-0.15, -0.1) is 0 Å². The van der Waals surface area contributed by atoms with Crippen LogP contribution in [0.4, 0.5) is 0 Å². The highest BCUT2D eigenvalue weighted by molar-refractivity contribution is 4.38. The summed E-state index contributed by atoms with van der Waals surface area (Å²) < 4.78 is 0. The van der Waals surface area contributed by atoms with E-state index in [1.807, 2.05) is 6.92 Å². The van der Waals surface area contributed by atoms with Gasteiger partial charge in [0.1, 0.15) is 0 Å². The third-order valence-corrected chi connectivity index (χ3v) is 0.840. The van der Waals surface area contributed by atoms with Crippen molar-refractivity contribution >= 4 is 0 Å². The molecular weight excluding hydrogens is 106 g/mol. The van der Waals surface area contributed by atoms with E-state index in [0.29, 0.717) is 13.1 Å². The normalized spacial score (nSPS) is 10.5. The second kappa shape index (κ2) is 5.03. The van der Waals surface area contributed by atoms with Crippen molar-refractivity contribution in [2.24, 2.45) is 0 Å². The average molecular weight is 119 g/mol. The van der Waals surface area contributed by atoms with Crippen molar-refractivity contribution in [1.82, 2.24) is 5.06 Å². The molecule has 0 unspecified atom stereocenters. The quantitative estimate of drug-likeness (QED) is 0.515. The van der Waals surface area contributed by atoms with E-state index in [0.717, 1.165) is 11.5 Å². The molecule has 8 heavy (non-hydrogen) atoms. The molecule has 0 saturated heterocycles. The molecule has 0 amide bonds. The Bertz CT molecular complexity index is 43.7. The van der Waals surface area contributed by atoms with Crippen LogP contribution in [-0.4, -0.2) is 35.1 Å². The van der Waals surface area contributed by atoms with Gasteiger partial charge in [0.05, 0.1) is 6.61 Å². The maximum atomic E-state index is 8.72. The third kappa shape index (κ3) is 4.05. The summed E-state index contributed by atoms with van der Waals surface area (Å²) >= 11 is 0. The smallest absolute Gasteiger partial charge is 0.0581 e. The van der Waals surface area contributed by atoms with Gasteiger partial charge in [0.25, 0.3) is 0 Å². The lowest BCUT2D eigenvalue weighted by Gasteiger charge is -2.09. The van der Waals surface area contributed by atoms with Crippen LogP contribution in [0.25, 0.3) is 0 Å². The van der Waals surface area contributed by atoms with E-state index in [4.69, 9.17) is 10.3 Å². The Kier molecular flexibility index (Phi) is 4.95. The van der Waals surface area contributed by atoms with Gasteiger partial charge in [-0.25, -0.2) is 0 Å². The van der Waals surface area contributed by atoms with Gasteiger partial charge in [-0.3, -0.25) is 0 Å². The fraction of sp³-hybridized carbons (Fsp3) is 1.00. The van der Waals surface area contributed by atoms with E-state index in [1.165, 1.54) is 0 Å². The van der Waals surface area contributed by atoms with Crippen LogP contribution in [0.15, 0.2) is 0 Å². The summed E-state index contributed by atoms with van der Waals surface area (Å²) in [5, 5.41) is 18.1. The average Bonchev–Trinajstić information content (AvgIpc) is 1.68. The Morgan fingerprint density at radius 2 is 2.00 bits per heavy atom. The van der Waals surface area contributed by atoms with Crippen molar-refractivity contribution in [2.45, 2.75) is 13.3 Å². The molecule has 3 nitrogen and oxygen atoms in total. The van der Waals surface area contributed by atoms with Gasteiger partial charge in [-0.1, -0.05) is 6.92 Å². The molecule has 0 aromatic rings. The van der Waals surface area contributed by atoms with E-state index in [2.05, 4.69) is 0 Å². The summed E-state index contributed by atoms with van der Waals surface area (Å²) in [7, 11) is 0. The fourth-order valence-corrected chi connectivity index (χ4v) is 0.485. The number of aliphatic hydroxyl groups is 1. The van der Waals surface area contributed by atoms with E-state index in [-0.39, 0.29) is 6.61 Å². The Labute approximate surface area is 49.5 Å². The molecule has 0 aromatic heterocycles. The summed E-state index contributed by atoms with van der Waals surface area (Å²) in [4.78, 5) is 0. The van der Waals surface area contributed by atoms with Crippen LogP contribution in [0.2, 0.25) is 0 Å². The molecule has 0 aliphatic carbocycles. The van der Waals surface area contributed by atoms with Crippen LogP contribution in [0, 0.1) is 0 Å². The first-order chi connectivity index (χ1) is 3.81. The molecule has 0 aliphatic rings. The van der Waals surface area contributed by atoms with Crippen molar-refractivity contribution in [3.8, 4) is 0 Å². The van der Waals surface area contributed by atoms with Gasteiger partial charge in [0.15, 0.2) is 0 Å². The lowest BCUT2D eigenvalue weighted by Crippen LogP contribution is -2.23. The monoisotopic (exact) mass is 119 g/mol. The highest BCUT2D eigenvalue weighted by Crippen LogP contribution is 1.82. The first-order valence-corrected chi connectivity index (χ1v) is 2.86. The summed E-state index contributed by atoms with van der Waals surface area (Å²) in [6.45, 7) is 2.99. The Morgan fingerprint density at radius 1 is 1.38 bits per heavy atom. The SMILES string of the molecule is CCCN(O)CCO. The van der Waals surface area contributed by atoms with Crippen LogP contribution in [0.3, 0.4) is 0 Å². The van der Waals surface area contributed by atoms with Gasteiger partial charge in [0.2, 0.25) is 0 Å². The van der Waals surface area contributed by atoms with Gasteiger partial charge >= 0.3 is 0 Å². The van der Waals surface area contributed by atoms with Crippen molar-refractivity contribution in [1.29, 1.82) is 0 Å². The largest absolute Gasteiger partial charge is 0.395 e. The first kappa shape index (κ1) is 7.88. The van der Waals surface area contributed by atoms with Gasteiger partial charge < -0.3 is 10.3 Å². The third-order valence-electron chi connectivity index (χ3n) is 0.840. The molecule has 0 atom stereocenters. The van der Waals surface area contributed by atoms with E-state index in [9.17, 15) is 0 Å². The van der Waals surface area contributed by atoms with Crippen molar-refractivity contribution in [2.75, 3.05) is 19.7 Å². The molecule has 50 valence electrons. The summed E-state index contributed by atoms with van der Waals surface area (Å²) in [5.41, 5.74) is 0. The minimum Gasteiger partial charge on any atom is -0.395 e. The molecule has 0 aliphatic heterocycles.